The Balaban J connectivity index is -0.0000000900. The van der Waals surface area contributed by atoms with E-state index in [1.165, 1.54) is 82.2 Å². The van der Waals surface area contributed by atoms with Gasteiger partial charge in [-0.15, -0.1) is 9.81 Å². The third-order valence-corrected chi connectivity index (χ3v) is 4.32. The monoisotopic (exact) mass is 640 g/mol. The van der Waals surface area contributed by atoms with Crippen LogP contribution < -0.4 is 0 Å². The van der Waals surface area contributed by atoms with Crippen LogP contribution in [0.2, 0.25) is 0 Å². The van der Waals surface area contributed by atoms with Gasteiger partial charge in [0.2, 0.25) is 0 Å². The molecule has 0 spiro atoms. The van der Waals surface area contributed by atoms with E-state index in [4.69, 9.17) is 0 Å². The molecule has 162 valence electrons. The average molecular weight is 637 g/mol. The second-order valence-electron chi connectivity index (χ2n) is 5.18. The predicted octanol–water partition coefficient (Wildman–Crippen LogP) is 3.64. The van der Waals surface area contributed by atoms with Crippen molar-refractivity contribution >= 4 is 74.0 Å². The number of rotatable bonds is 2. The maximum atomic E-state index is 10.7. The zero-order valence-electron chi connectivity index (χ0n) is 15.6. The third-order valence-electron chi connectivity index (χ3n) is 3.45. The Morgan fingerprint density at radius 2 is 0.815 bits per heavy atom. The van der Waals surface area contributed by atoms with Crippen molar-refractivity contribution in [3.05, 3.63) is 9.81 Å². The second kappa shape index (κ2) is 29.6. The van der Waals surface area contributed by atoms with Crippen LogP contribution in [-0.2, 0) is 110 Å². The van der Waals surface area contributed by atoms with Gasteiger partial charge >= 0.3 is 39.8 Å². The van der Waals surface area contributed by atoms with Crippen molar-refractivity contribution in [2.24, 2.45) is 0 Å². The summed E-state index contributed by atoms with van der Waals surface area (Å²) in [7, 11) is 6.39. The van der Waals surface area contributed by atoms with E-state index in [-0.39, 0.29) is 57.9 Å². The van der Waals surface area contributed by atoms with Gasteiger partial charge in [-0.05, 0) is 0 Å². The van der Waals surface area contributed by atoms with Crippen LogP contribution in [-0.4, -0.2) is 26.2 Å². The van der Waals surface area contributed by atoms with Crippen LogP contribution in [0.25, 0.3) is 0 Å². The van der Waals surface area contributed by atoms with E-state index in [0.29, 0.717) is 0 Å². The Hall–Kier alpha value is 1.42. The molecule has 0 aromatic carbocycles. The average Bonchev–Trinajstić information content (AvgIpc) is 3.38. The number of hydrogen-bond donors (Lipinski definition) is 0. The van der Waals surface area contributed by atoms with Crippen LogP contribution >= 0.6 is 9.82 Å². The first-order chi connectivity index (χ1) is 11.5. The molecule has 4 nitrogen and oxygen atoms in total. The van der Waals surface area contributed by atoms with Gasteiger partial charge in [0.25, 0.3) is 0 Å². The number of carbonyl (C=O) groups excluding carboxylic acids is 2. The molecule has 2 rings (SSSR count). The second-order valence-corrected chi connectivity index (χ2v) is 5.99. The molecule has 0 N–H and O–H groups in total. The minimum absolute atomic E-state index is 0. The predicted molar refractivity (Wildman–Crippen MR) is 117 cm³/mol. The maximum absolute atomic E-state index is 10.7. The molecule has 2 fully saturated rings. The molecule has 11 heteroatoms. The molecule has 0 radical (unpaired) electrons. The molecule has 0 saturated heterocycles. The van der Waals surface area contributed by atoms with E-state index in [1.54, 1.807) is 0 Å². The van der Waals surface area contributed by atoms with E-state index >= 15 is 0 Å². The van der Waals surface area contributed by atoms with Crippen molar-refractivity contribution in [3.8, 4) is 0 Å². The van der Waals surface area contributed by atoms with Crippen LogP contribution in [0.3, 0.4) is 0 Å². The molecule has 0 aromatic heterocycles. The quantitative estimate of drug-likeness (QED) is 0.149. The normalized spacial score (nSPS) is 14.1. The molecule has 2 aliphatic carbocycles. The number of ether oxygens (including phenoxy) is 2. The Bertz CT molecular complexity index is 342. The molecule has 2 saturated carbocycles. The van der Waals surface area contributed by atoms with Gasteiger partial charge in [-0.1, -0.05) is 64.2 Å². The molecule has 0 atom stereocenters. The fourth-order valence-electron chi connectivity index (χ4n) is 2.14. The van der Waals surface area contributed by atoms with Crippen LogP contribution in [0.1, 0.15) is 64.2 Å². The number of methoxy groups -OCH3 is 2. The van der Waals surface area contributed by atoms with Crippen molar-refractivity contribution in [1.29, 1.82) is 0 Å². The summed E-state index contributed by atoms with van der Waals surface area (Å²) < 4.78 is 8.50. The molecule has 0 amide bonds. The third kappa shape index (κ3) is 23.6. The number of carbonyl (C=O) groups is 2. The van der Waals surface area contributed by atoms with Crippen molar-refractivity contribution in [2.75, 3.05) is 14.2 Å². The van der Waals surface area contributed by atoms with Crippen molar-refractivity contribution in [2.45, 2.75) is 64.2 Å². The minimum atomic E-state index is -0.805. The number of thiol groups is 2. The molecular formula is C16H28Mo2O4S5-4. The van der Waals surface area contributed by atoms with Gasteiger partial charge in [-0.2, -0.15) is 0 Å². The van der Waals surface area contributed by atoms with Gasteiger partial charge in [-0.25, -0.2) is 9.59 Å². The Morgan fingerprint density at radius 1 is 0.667 bits per heavy atom. The zero-order valence-corrected chi connectivity index (χ0v) is 23.9. The molecule has 27 heavy (non-hydrogen) atoms. The number of hydrogen-bond acceptors (Lipinski definition) is 9. The van der Waals surface area contributed by atoms with Gasteiger partial charge in [0.15, 0.2) is 0 Å². The van der Waals surface area contributed by atoms with Crippen LogP contribution in [0.4, 0.5) is 0 Å². The van der Waals surface area contributed by atoms with E-state index in [1.807, 2.05) is 0 Å². The summed E-state index contributed by atoms with van der Waals surface area (Å²) in [6.45, 7) is 0. The summed E-state index contributed by atoms with van der Waals surface area (Å²) in [4.78, 5) is 20.8. The summed E-state index contributed by atoms with van der Waals surface area (Å²) in [6.07, 6.45) is 15.0. The van der Waals surface area contributed by atoms with Gasteiger partial charge in [0, 0.05) is 21.1 Å². The first kappa shape index (κ1) is 39.0. The Kier molecular flexibility index (Phi) is 42.7. The molecule has 0 bridgehead atoms. The topological polar surface area (TPSA) is 52.6 Å². The van der Waals surface area contributed by atoms with Crippen molar-refractivity contribution in [1.82, 2.24) is 0 Å². The zero-order chi connectivity index (χ0) is 18.8. The fourth-order valence-corrected chi connectivity index (χ4v) is 2.47. The van der Waals surface area contributed by atoms with Gasteiger partial charge in [0.1, 0.15) is 0 Å². The molecule has 0 unspecified atom stereocenters. The summed E-state index contributed by atoms with van der Waals surface area (Å²) in [5.41, 5.74) is 0. The standard InChI is InChI=1S/C6H8O4S2.2C5H10.2Mo.2H2S.S/c1-9-5(7)3(11)4(12)6(8)10-2;2*1-2-4-5-3-1;;;;;/h11-12H,1-2H3;2*1-5H2;;;2*1H2;/p-4/b4-3-;;;;;;;. The molecule has 0 aromatic rings. The van der Waals surface area contributed by atoms with Crippen LogP contribution in [0.5, 0.6) is 0 Å². The van der Waals surface area contributed by atoms with Gasteiger partial charge < -0.3 is 61.7 Å². The molecule has 0 heterocycles. The van der Waals surface area contributed by atoms with Crippen molar-refractivity contribution < 1.29 is 58.1 Å². The SMILES string of the molecule is C1CCCC1.C1CCCC1.COC(=O)/C([S-])=C(/[S-])C(=O)OC.[Mo].[SH-].[SH-].[S]=[Mo]. The molecular weight excluding hydrogens is 608 g/mol. The summed E-state index contributed by atoms with van der Waals surface area (Å²) in [5, 5.41) is 0. The van der Waals surface area contributed by atoms with Gasteiger partial charge in [-0.3, -0.25) is 0 Å². The Labute approximate surface area is 218 Å². The number of esters is 2. The fraction of sp³-hybridized carbons (Fsp3) is 0.750. The van der Waals surface area contributed by atoms with Crippen molar-refractivity contribution in [3.63, 3.8) is 0 Å². The molecule has 0 aliphatic heterocycles. The summed E-state index contributed by atoms with van der Waals surface area (Å²) >= 11 is 10.6. The van der Waals surface area contributed by atoms with Crippen LogP contribution in [0.15, 0.2) is 9.81 Å². The van der Waals surface area contributed by atoms with E-state index in [0.717, 1.165) is 14.2 Å². The van der Waals surface area contributed by atoms with E-state index < -0.39 is 11.9 Å². The molecule has 2 aliphatic rings. The Morgan fingerprint density at radius 3 is 0.926 bits per heavy atom. The first-order valence-corrected chi connectivity index (χ1v) is 11.6. The van der Waals surface area contributed by atoms with E-state index in [2.05, 4.69) is 44.6 Å². The summed E-state index contributed by atoms with van der Waals surface area (Å²) in [5.74, 6) is -1.61. The first-order valence-electron chi connectivity index (χ1n) is 7.96. The van der Waals surface area contributed by atoms with E-state index in [9.17, 15) is 9.59 Å². The summed E-state index contributed by atoms with van der Waals surface area (Å²) in [6, 6.07) is 0. The van der Waals surface area contributed by atoms with Gasteiger partial charge in [0.05, 0.1) is 14.2 Å². The van der Waals surface area contributed by atoms with Crippen LogP contribution in [0, 0.1) is 0 Å².